The Labute approximate surface area is 115 Å². The fourth-order valence-electron chi connectivity index (χ4n) is 1.43. The zero-order valence-corrected chi connectivity index (χ0v) is 12.3. The SMILES string of the molecule is COc1ccccc1OCC(C)NC(=O)C(C)(C)C. The quantitative estimate of drug-likeness (QED) is 0.890. The zero-order valence-electron chi connectivity index (χ0n) is 12.3. The van der Waals surface area contributed by atoms with Gasteiger partial charge in [0.05, 0.1) is 13.2 Å². The highest BCUT2D eigenvalue weighted by Gasteiger charge is 2.22. The number of amides is 1. The Balaban J connectivity index is 2.50. The van der Waals surface area contributed by atoms with Gasteiger partial charge in [-0.25, -0.2) is 0 Å². The molecule has 0 radical (unpaired) electrons. The van der Waals surface area contributed by atoms with Gasteiger partial charge in [0.25, 0.3) is 0 Å². The smallest absolute Gasteiger partial charge is 0.225 e. The van der Waals surface area contributed by atoms with Crippen molar-refractivity contribution in [3.8, 4) is 11.5 Å². The number of ether oxygens (including phenoxy) is 2. The molecular formula is C15H23NO3. The molecule has 0 aromatic heterocycles. The first-order valence-electron chi connectivity index (χ1n) is 6.41. The van der Waals surface area contributed by atoms with Crippen LogP contribution < -0.4 is 14.8 Å². The van der Waals surface area contributed by atoms with Crippen molar-refractivity contribution >= 4 is 5.91 Å². The van der Waals surface area contributed by atoms with Crippen molar-refractivity contribution < 1.29 is 14.3 Å². The molecule has 0 heterocycles. The first kappa shape index (κ1) is 15.3. The fraction of sp³-hybridized carbons (Fsp3) is 0.533. The average Bonchev–Trinajstić information content (AvgIpc) is 2.35. The fourth-order valence-corrected chi connectivity index (χ4v) is 1.43. The second kappa shape index (κ2) is 6.45. The number of carbonyl (C=O) groups is 1. The Kier molecular flexibility index (Phi) is 5.21. The lowest BCUT2D eigenvalue weighted by Crippen LogP contribution is -2.42. The summed E-state index contributed by atoms with van der Waals surface area (Å²) in [6, 6.07) is 7.40. The molecule has 0 aliphatic carbocycles. The summed E-state index contributed by atoms with van der Waals surface area (Å²) < 4.78 is 10.9. The molecule has 0 fully saturated rings. The third kappa shape index (κ3) is 4.81. The molecule has 1 atom stereocenters. The Morgan fingerprint density at radius 2 is 1.84 bits per heavy atom. The molecule has 4 nitrogen and oxygen atoms in total. The van der Waals surface area contributed by atoms with E-state index in [0.717, 1.165) is 0 Å². The summed E-state index contributed by atoms with van der Waals surface area (Å²) in [6.07, 6.45) is 0. The van der Waals surface area contributed by atoms with Crippen molar-refractivity contribution in [3.05, 3.63) is 24.3 Å². The third-order valence-corrected chi connectivity index (χ3v) is 2.62. The molecular weight excluding hydrogens is 242 g/mol. The van der Waals surface area contributed by atoms with E-state index in [2.05, 4.69) is 5.32 Å². The van der Waals surface area contributed by atoms with Crippen LogP contribution in [0, 0.1) is 5.41 Å². The van der Waals surface area contributed by atoms with Crippen LogP contribution >= 0.6 is 0 Å². The topological polar surface area (TPSA) is 47.6 Å². The predicted octanol–water partition coefficient (Wildman–Crippen LogP) is 2.62. The minimum Gasteiger partial charge on any atom is -0.493 e. The molecule has 0 aliphatic heterocycles. The molecule has 0 saturated carbocycles. The van der Waals surface area contributed by atoms with Gasteiger partial charge in [0.1, 0.15) is 6.61 Å². The van der Waals surface area contributed by atoms with E-state index in [1.165, 1.54) is 0 Å². The van der Waals surface area contributed by atoms with Crippen molar-refractivity contribution in [2.24, 2.45) is 5.41 Å². The molecule has 0 aliphatic rings. The molecule has 1 aromatic carbocycles. The van der Waals surface area contributed by atoms with Gasteiger partial charge >= 0.3 is 0 Å². The molecule has 1 N–H and O–H groups in total. The van der Waals surface area contributed by atoms with Crippen molar-refractivity contribution in [1.29, 1.82) is 0 Å². The van der Waals surface area contributed by atoms with Crippen molar-refractivity contribution in [1.82, 2.24) is 5.32 Å². The Hall–Kier alpha value is -1.71. The summed E-state index contributed by atoms with van der Waals surface area (Å²) >= 11 is 0. The monoisotopic (exact) mass is 265 g/mol. The first-order valence-corrected chi connectivity index (χ1v) is 6.41. The van der Waals surface area contributed by atoms with Crippen LogP contribution in [0.5, 0.6) is 11.5 Å². The van der Waals surface area contributed by atoms with Crippen LogP contribution in [0.15, 0.2) is 24.3 Å². The molecule has 4 heteroatoms. The zero-order chi connectivity index (χ0) is 14.5. The largest absolute Gasteiger partial charge is 0.493 e. The Morgan fingerprint density at radius 3 is 2.37 bits per heavy atom. The van der Waals surface area contributed by atoms with Crippen LogP contribution in [0.4, 0.5) is 0 Å². The van der Waals surface area contributed by atoms with Crippen LogP contribution in [0.2, 0.25) is 0 Å². The van der Waals surface area contributed by atoms with E-state index in [4.69, 9.17) is 9.47 Å². The highest BCUT2D eigenvalue weighted by molar-refractivity contribution is 5.81. The van der Waals surface area contributed by atoms with Crippen LogP contribution in [0.25, 0.3) is 0 Å². The van der Waals surface area contributed by atoms with Crippen molar-refractivity contribution in [2.45, 2.75) is 33.7 Å². The summed E-state index contributed by atoms with van der Waals surface area (Å²) in [5.74, 6) is 1.39. The molecule has 0 spiro atoms. The Morgan fingerprint density at radius 1 is 1.26 bits per heavy atom. The summed E-state index contributed by atoms with van der Waals surface area (Å²) in [6.45, 7) is 7.98. The number of methoxy groups -OCH3 is 1. The lowest BCUT2D eigenvalue weighted by atomic mass is 9.95. The van der Waals surface area contributed by atoms with Crippen LogP contribution in [-0.2, 0) is 4.79 Å². The third-order valence-electron chi connectivity index (χ3n) is 2.62. The highest BCUT2D eigenvalue weighted by Crippen LogP contribution is 2.25. The number of hydrogen-bond acceptors (Lipinski definition) is 3. The summed E-state index contributed by atoms with van der Waals surface area (Å²) in [7, 11) is 1.60. The summed E-state index contributed by atoms with van der Waals surface area (Å²) in [5, 5.41) is 2.92. The van der Waals surface area contributed by atoms with Gasteiger partial charge < -0.3 is 14.8 Å². The van der Waals surface area contributed by atoms with Gasteiger partial charge in [-0.2, -0.15) is 0 Å². The number of benzene rings is 1. The van der Waals surface area contributed by atoms with Crippen molar-refractivity contribution in [2.75, 3.05) is 13.7 Å². The molecule has 1 unspecified atom stereocenters. The second-order valence-electron chi connectivity index (χ2n) is 5.59. The second-order valence-corrected chi connectivity index (χ2v) is 5.59. The van der Waals surface area contributed by atoms with Gasteiger partial charge in [-0.05, 0) is 19.1 Å². The number of para-hydroxylation sites is 2. The first-order chi connectivity index (χ1) is 8.84. The van der Waals surface area contributed by atoms with Gasteiger partial charge in [0.2, 0.25) is 5.91 Å². The lowest BCUT2D eigenvalue weighted by molar-refractivity contribution is -0.129. The van der Waals surface area contributed by atoms with E-state index in [-0.39, 0.29) is 11.9 Å². The van der Waals surface area contributed by atoms with Crippen LogP contribution in [0.1, 0.15) is 27.7 Å². The van der Waals surface area contributed by atoms with Gasteiger partial charge in [-0.3, -0.25) is 4.79 Å². The number of hydrogen-bond donors (Lipinski definition) is 1. The van der Waals surface area contributed by atoms with Gasteiger partial charge in [0.15, 0.2) is 11.5 Å². The minimum absolute atomic E-state index is 0.0172. The Bertz CT molecular complexity index is 424. The predicted molar refractivity (Wildman–Crippen MR) is 75.5 cm³/mol. The summed E-state index contributed by atoms with van der Waals surface area (Å²) in [5.41, 5.74) is -0.390. The molecule has 19 heavy (non-hydrogen) atoms. The average molecular weight is 265 g/mol. The van der Waals surface area contributed by atoms with Gasteiger partial charge in [-0.1, -0.05) is 32.9 Å². The van der Waals surface area contributed by atoms with Crippen molar-refractivity contribution in [3.63, 3.8) is 0 Å². The van der Waals surface area contributed by atoms with E-state index in [9.17, 15) is 4.79 Å². The van der Waals surface area contributed by atoms with Gasteiger partial charge in [0, 0.05) is 5.41 Å². The molecule has 0 saturated heterocycles. The molecule has 0 bridgehead atoms. The van der Waals surface area contributed by atoms with E-state index in [0.29, 0.717) is 18.1 Å². The van der Waals surface area contributed by atoms with Gasteiger partial charge in [-0.15, -0.1) is 0 Å². The maximum absolute atomic E-state index is 11.8. The minimum atomic E-state index is -0.390. The van der Waals surface area contributed by atoms with E-state index < -0.39 is 5.41 Å². The maximum atomic E-state index is 11.8. The highest BCUT2D eigenvalue weighted by atomic mass is 16.5. The number of carbonyl (C=O) groups excluding carboxylic acids is 1. The van der Waals surface area contributed by atoms with E-state index in [1.807, 2.05) is 52.0 Å². The van der Waals surface area contributed by atoms with Crippen LogP contribution in [0.3, 0.4) is 0 Å². The lowest BCUT2D eigenvalue weighted by Gasteiger charge is -2.22. The summed E-state index contributed by atoms with van der Waals surface area (Å²) in [4.78, 5) is 11.8. The molecule has 1 amide bonds. The molecule has 106 valence electrons. The van der Waals surface area contributed by atoms with Crippen LogP contribution in [-0.4, -0.2) is 25.7 Å². The number of nitrogens with one attached hydrogen (secondary N) is 1. The molecule has 1 aromatic rings. The standard InChI is InChI=1S/C15H23NO3/c1-11(16-14(17)15(2,3)4)10-19-13-9-7-6-8-12(13)18-5/h6-9,11H,10H2,1-5H3,(H,16,17). The number of rotatable bonds is 5. The van der Waals surface area contributed by atoms with E-state index >= 15 is 0 Å². The molecule has 1 rings (SSSR count). The maximum Gasteiger partial charge on any atom is 0.225 e. The normalized spacial score (nSPS) is 12.7. The van der Waals surface area contributed by atoms with E-state index in [1.54, 1.807) is 7.11 Å².